The van der Waals surface area contributed by atoms with E-state index in [0.29, 0.717) is 0 Å². The number of hydrogen-bond acceptors (Lipinski definition) is 2. The van der Waals surface area contributed by atoms with Crippen LogP contribution in [0.1, 0.15) is 0 Å². The van der Waals surface area contributed by atoms with Gasteiger partial charge in [0.1, 0.15) is 11.1 Å². The Kier molecular flexibility index (Phi) is 3.67. The summed E-state index contributed by atoms with van der Waals surface area (Å²) in [6, 6.07) is 9.47. The highest BCUT2D eigenvalue weighted by atomic mass is 79.9. The maximum atomic E-state index is 10.2. The predicted octanol–water partition coefficient (Wildman–Crippen LogP) is 2.35. The Labute approximate surface area is 79.5 Å². The van der Waals surface area contributed by atoms with Gasteiger partial charge < -0.3 is 4.79 Å². The van der Waals surface area contributed by atoms with Crippen molar-refractivity contribution in [3.63, 3.8) is 0 Å². The Morgan fingerprint density at radius 2 is 2.00 bits per heavy atom. The van der Waals surface area contributed by atoms with E-state index in [0.717, 1.165) is 12.0 Å². The number of benzene rings is 1. The summed E-state index contributed by atoms with van der Waals surface area (Å²) in [6.45, 7) is 0. The van der Waals surface area contributed by atoms with Crippen LogP contribution in [-0.2, 0) is 4.79 Å². The molecule has 0 aromatic heterocycles. The van der Waals surface area contributed by atoms with E-state index in [1.807, 2.05) is 30.3 Å². The highest BCUT2D eigenvalue weighted by molar-refractivity contribution is 9.10. The smallest absolute Gasteiger partial charge is 0.139 e. The van der Waals surface area contributed by atoms with Crippen LogP contribution in [-0.4, -0.2) is 17.3 Å². The van der Waals surface area contributed by atoms with Gasteiger partial charge in [-0.15, -0.1) is 0 Å². The largest absolute Gasteiger partial charge is 0.302 e. The van der Waals surface area contributed by atoms with Gasteiger partial charge in [-0.3, -0.25) is 4.99 Å². The topological polar surface area (TPSA) is 29.4 Å². The summed E-state index contributed by atoms with van der Waals surface area (Å²) in [4.78, 5) is 14.0. The summed E-state index contributed by atoms with van der Waals surface area (Å²) in [6.07, 6.45) is 2.34. The molecule has 0 bridgehead atoms. The maximum absolute atomic E-state index is 10.2. The Hall–Kier alpha value is -0.960. The molecular weight excluding hydrogens is 218 g/mol. The molecule has 1 aromatic rings. The summed E-state index contributed by atoms with van der Waals surface area (Å²) < 4.78 is 0. The van der Waals surface area contributed by atoms with Crippen LogP contribution in [0, 0.1) is 0 Å². The number of para-hydroxylation sites is 1. The molecule has 0 saturated carbocycles. The van der Waals surface area contributed by atoms with Gasteiger partial charge in [0.05, 0.1) is 5.69 Å². The summed E-state index contributed by atoms with van der Waals surface area (Å²) >= 11 is 3.12. The van der Waals surface area contributed by atoms with Gasteiger partial charge in [0.15, 0.2) is 0 Å². The molecule has 3 heteroatoms. The average molecular weight is 226 g/mol. The van der Waals surface area contributed by atoms with Crippen molar-refractivity contribution >= 4 is 34.1 Å². The number of alkyl halides is 1. The van der Waals surface area contributed by atoms with Crippen molar-refractivity contribution in [3.8, 4) is 0 Å². The molecule has 0 N–H and O–H groups in total. The molecule has 0 spiro atoms. The lowest BCUT2D eigenvalue weighted by molar-refractivity contribution is -0.106. The van der Waals surface area contributed by atoms with Crippen LogP contribution >= 0.6 is 15.9 Å². The molecule has 0 aliphatic carbocycles. The van der Waals surface area contributed by atoms with E-state index in [1.54, 1.807) is 6.21 Å². The van der Waals surface area contributed by atoms with E-state index in [-0.39, 0.29) is 4.83 Å². The molecule has 0 radical (unpaired) electrons. The first kappa shape index (κ1) is 9.13. The zero-order valence-corrected chi connectivity index (χ0v) is 7.94. The number of carbonyl (C=O) groups is 1. The average Bonchev–Trinajstić information content (AvgIpc) is 2.16. The molecule has 62 valence electrons. The third-order valence-corrected chi connectivity index (χ3v) is 1.70. The Morgan fingerprint density at radius 3 is 2.58 bits per heavy atom. The molecule has 2 nitrogen and oxygen atoms in total. The summed E-state index contributed by atoms with van der Waals surface area (Å²) in [5, 5.41) is 0. The second-order valence-electron chi connectivity index (χ2n) is 2.19. The third-order valence-electron chi connectivity index (χ3n) is 1.25. The fraction of sp³-hybridized carbons (Fsp3) is 0.111. The summed E-state index contributed by atoms with van der Waals surface area (Å²) in [5.41, 5.74) is 0.851. The molecule has 12 heavy (non-hydrogen) atoms. The lowest BCUT2D eigenvalue weighted by atomic mass is 10.3. The van der Waals surface area contributed by atoms with E-state index in [4.69, 9.17) is 0 Å². The SMILES string of the molecule is O=CC(Br)C=Nc1ccccc1. The third kappa shape index (κ3) is 2.96. The van der Waals surface area contributed by atoms with Gasteiger partial charge in [0, 0.05) is 6.21 Å². The van der Waals surface area contributed by atoms with Crippen molar-refractivity contribution < 1.29 is 4.79 Å². The molecule has 0 aliphatic rings. The van der Waals surface area contributed by atoms with Crippen molar-refractivity contribution in [2.45, 2.75) is 4.83 Å². The molecular formula is C9H8BrNO. The Morgan fingerprint density at radius 1 is 1.33 bits per heavy atom. The van der Waals surface area contributed by atoms with Crippen LogP contribution in [0.5, 0.6) is 0 Å². The van der Waals surface area contributed by atoms with Crippen molar-refractivity contribution in [2.75, 3.05) is 0 Å². The maximum Gasteiger partial charge on any atom is 0.139 e. The second kappa shape index (κ2) is 4.83. The summed E-state index contributed by atoms with van der Waals surface area (Å²) in [5.74, 6) is 0. The monoisotopic (exact) mass is 225 g/mol. The fourth-order valence-corrected chi connectivity index (χ4v) is 0.825. The predicted molar refractivity (Wildman–Crippen MR) is 53.4 cm³/mol. The van der Waals surface area contributed by atoms with Gasteiger partial charge in [0.25, 0.3) is 0 Å². The van der Waals surface area contributed by atoms with Crippen LogP contribution in [0.25, 0.3) is 0 Å². The fourth-order valence-electron chi connectivity index (χ4n) is 0.706. The first-order chi connectivity index (χ1) is 5.83. The van der Waals surface area contributed by atoms with Gasteiger partial charge in [0.2, 0.25) is 0 Å². The number of carbonyl (C=O) groups excluding carboxylic acids is 1. The molecule has 0 saturated heterocycles. The number of rotatable bonds is 3. The van der Waals surface area contributed by atoms with E-state index >= 15 is 0 Å². The Bertz CT molecular complexity index is 271. The van der Waals surface area contributed by atoms with Crippen molar-refractivity contribution in [1.82, 2.24) is 0 Å². The highest BCUT2D eigenvalue weighted by Crippen LogP contribution is 2.09. The number of nitrogens with zero attached hydrogens (tertiary/aromatic N) is 1. The van der Waals surface area contributed by atoms with Gasteiger partial charge in [-0.1, -0.05) is 34.1 Å². The molecule has 0 fully saturated rings. The quantitative estimate of drug-likeness (QED) is 0.442. The highest BCUT2D eigenvalue weighted by Gasteiger charge is 1.93. The molecule has 0 heterocycles. The normalized spacial score (nSPS) is 13.1. The van der Waals surface area contributed by atoms with Gasteiger partial charge in [-0.25, -0.2) is 0 Å². The lowest BCUT2D eigenvalue weighted by Gasteiger charge is -1.91. The molecule has 1 unspecified atom stereocenters. The van der Waals surface area contributed by atoms with Crippen LogP contribution in [0.3, 0.4) is 0 Å². The number of halogens is 1. The molecule has 1 rings (SSSR count). The van der Waals surface area contributed by atoms with Gasteiger partial charge in [-0.2, -0.15) is 0 Å². The van der Waals surface area contributed by atoms with E-state index in [1.165, 1.54) is 0 Å². The Balaban J connectivity index is 2.63. The minimum Gasteiger partial charge on any atom is -0.302 e. The molecule has 1 aromatic carbocycles. The zero-order chi connectivity index (χ0) is 8.81. The van der Waals surface area contributed by atoms with Crippen molar-refractivity contribution in [2.24, 2.45) is 4.99 Å². The standard InChI is InChI=1S/C9H8BrNO/c10-8(7-12)6-11-9-4-2-1-3-5-9/h1-8H. The second-order valence-corrected chi connectivity index (χ2v) is 3.25. The minimum absolute atomic E-state index is 0.294. The van der Waals surface area contributed by atoms with Crippen molar-refractivity contribution in [3.05, 3.63) is 30.3 Å². The van der Waals surface area contributed by atoms with E-state index in [2.05, 4.69) is 20.9 Å². The van der Waals surface area contributed by atoms with Gasteiger partial charge in [-0.05, 0) is 12.1 Å². The van der Waals surface area contributed by atoms with Crippen LogP contribution in [0.2, 0.25) is 0 Å². The van der Waals surface area contributed by atoms with E-state index in [9.17, 15) is 4.79 Å². The van der Waals surface area contributed by atoms with Crippen molar-refractivity contribution in [1.29, 1.82) is 0 Å². The van der Waals surface area contributed by atoms with Crippen LogP contribution in [0.4, 0.5) is 5.69 Å². The number of aliphatic imine (C=N–C) groups is 1. The van der Waals surface area contributed by atoms with Crippen LogP contribution < -0.4 is 0 Å². The van der Waals surface area contributed by atoms with E-state index < -0.39 is 0 Å². The van der Waals surface area contributed by atoms with Gasteiger partial charge >= 0.3 is 0 Å². The molecule has 0 amide bonds. The summed E-state index contributed by atoms with van der Waals surface area (Å²) in [7, 11) is 0. The zero-order valence-electron chi connectivity index (χ0n) is 6.35. The minimum atomic E-state index is -0.294. The number of hydrogen-bond donors (Lipinski definition) is 0. The first-order valence-electron chi connectivity index (χ1n) is 3.51. The molecule has 0 aliphatic heterocycles. The molecule has 1 atom stereocenters. The number of aldehydes is 1. The van der Waals surface area contributed by atoms with Crippen LogP contribution in [0.15, 0.2) is 35.3 Å². The first-order valence-corrected chi connectivity index (χ1v) is 4.43. The lowest BCUT2D eigenvalue weighted by Crippen LogP contribution is -1.98.